The number of hydrogen-bond donors (Lipinski definition) is 1. The highest BCUT2D eigenvalue weighted by Gasteiger charge is 2.25. The van der Waals surface area contributed by atoms with Crippen LogP contribution in [0, 0.1) is 0 Å². The number of benzene rings is 1. The second kappa shape index (κ2) is 6.10. The summed E-state index contributed by atoms with van der Waals surface area (Å²) in [6, 6.07) is 7.94. The van der Waals surface area contributed by atoms with Gasteiger partial charge in [-0.25, -0.2) is 4.79 Å². The van der Waals surface area contributed by atoms with Crippen LogP contribution in [0.15, 0.2) is 29.2 Å². The summed E-state index contributed by atoms with van der Waals surface area (Å²) < 4.78 is 0. The Balaban J connectivity index is 1.88. The van der Waals surface area contributed by atoms with Crippen molar-refractivity contribution in [2.75, 3.05) is 18.8 Å². The highest BCUT2D eigenvalue weighted by Crippen LogP contribution is 2.22. The van der Waals surface area contributed by atoms with Crippen molar-refractivity contribution in [2.24, 2.45) is 0 Å². The van der Waals surface area contributed by atoms with Gasteiger partial charge in [0.1, 0.15) is 0 Å². The van der Waals surface area contributed by atoms with Crippen LogP contribution in [-0.2, 0) is 4.79 Å². The van der Waals surface area contributed by atoms with E-state index in [-0.39, 0.29) is 11.9 Å². The highest BCUT2D eigenvalue weighted by molar-refractivity contribution is 8.00. The molecule has 0 atom stereocenters. The van der Waals surface area contributed by atoms with Crippen molar-refractivity contribution in [1.29, 1.82) is 0 Å². The van der Waals surface area contributed by atoms with Gasteiger partial charge in [-0.3, -0.25) is 9.69 Å². The van der Waals surface area contributed by atoms with Crippen molar-refractivity contribution < 1.29 is 9.59 Å². The predicted octanol–water partition coefficient (Wildman–Crippen LogP) is 2.45. The molecule has 0 unspecified atom stereocenters. The maximum Gasteiger partial charge on any atom is 0.324 e. The van der Waals surface area contributed by atoms with Crippen LogP contribution >= 0.6 is 11.8 Å². The zero-order valence-electron chi connectivity index (χ0n) is 11.2. The maximum atomic E-state index is 11.8. The summed E-state index contributed by atoms with van der Waals surface area (Å²) in [6.07, 6.45) is 0. The SMILES string of the molecule is CC(C)c1ccc(SCC(=O)N2CCNC2=O)cc1. The van der Waals surface area contributed by atoms with Crippen molar-refractivity contribution in [3.8, 4) is 0 Å². The molecule has 0 spiro atoms. The third-order valence-electron chi connectivity index (χ3n) is 3.07. The number of imide groups is 1. The van der Waals surface area contributed by atoms with E-state index in [1.54, 1.807) is 0 Å². The molecular weight excluding hydrogens is 260 g/mol. The van der Waals surface area contributed by atoms with Gasteiger partial charge in [-0.05, 0) is 23.6 Å². The lowest BCUT2D eigenvalue weighted by molar-refractivity contribution is -0.124. The molecule has 1 fully saturated rings. The smallest absolute Gasteiger partial charge is 0.324 e. The first-order chi connectivity index (χ1) is 9.08. The van der Waals surface area contributed by atoms with Gasteiger partial charge in [-0.2, -0.15) is 0 Å². The molecular formula is C14H18N2O2S. The van der Waals surface area contributed by atoms with Gasteiger partial charge in [0.15, 0.2) is 0 Å². The van der Waals surface area contributed by atoms with Crippen LogP contribution in [0.4, 0.5) is 4.79 Å². The normalized spacial score (nSPS) is 14.9. The summed E-state index contributed by atoms with van der Waals surface area (Å²) in [7, 11) is 0. The number of carbonyl (C=O) groups excluding carboxylic acids is 2. The van der Waals surface area contributed by atoms with Crippen LogP contribution < -0.4 is 5.32 Å². The first-order valence-corrected chi connectivity index (χ1v) is 7.37. The quantitative estimate of drug-likeness (QED) is 0.861. The maximum absolute atomic E-state index is 11.8. The molecule has 1 aromatic carbocycles. The van der Waals surface area contributed by atoms with Gasteiger partial charge >= 0.3 is 6.03 Å². The second-order valence-corrected chi connectivity index (χ2v) is 5.84. The van der Waals surface area contributed by atoms with Crippen LogP contribution in [0.3, 0.4) is 0 Å². The lowest BCUT2D eigenvalue weighted by Gasteiger charge is -2.12. The number of urea groups is 1. The van der Waals surface area contributed by atoms with Crippen molar-refractivity contribution >= 4 is 23.7 Å². The third-order valence-corrected chi connectivity index (χ3v) is 4.06. The van der Waals surface area contributed by atoms with Gasteiger partial charge in [-0.1, -0.05) is 26.0 Å². The molecule has 0 bridgehead atoms. The molecule has 0 radical (unpaired) electrons. The van der Waals surface area contributed by atoms with E-state index < -0.39 is 0 Å². The van der Waals surface area contributed by atoms with Crippen molar-refractivity contribution in [2.45, 2.75) is 24.7 Å². The molecule has 102 valence electrons. The van der Waals surface area contributed by atoms with E-state index in [1.807, 2.05) is 12.1 Å². The van der Waals surface area contributed by atoms with E-state index in [0.717, 1.165) is 4.90 Å². The third kappa shape index (κ3) is 3.50. The number of nitrogens with zero attached hydrogens (tertiary/aromatic N) is 1. The van der Waals surface area contributed by atoms with Gasteiger partial charge in [-0.15, -0.1) is 11.8 Å². The Kier molecular flexibility index (Phi) is 4.47. The summed E-state index contributed by atoms with van der Waals surface area (Å²) in [5, 5.41) is 2.63. The molecule has 0 aliphatic carbocycles. The van der Waals surface area contributed by atoms with Crippen LogP contribution in [-0.4, -0.2) is 35.7 Å². The number of thioether (sulfide) groups is 1. The van der Waals surface area contributed by atoms with E-state index in [1.165, 1.54) is 22.2 Å². The molecule has 1 heterocycles. The fraction of sp³-hybridized carbons (Fsp3) is 0.429. The van der Waals surface area contributed by atoms with Crippen molar-refractivity contribution in [3.63, 3.8) is 0 Å². The Labute approximate surface area is 117 Å². The molecule has 2 rings (SSSR count). The van der Waals surface area contributed by atoms with Crippen LogP contribution in [0.25, 0.3) is 0 Å². The van der Waals surface area contributed by atoms with Crippen molar-refractivity contribution in [1.82, 2.24) is 10.2 Å². The lowest BCUT2D eigenvalue weighted by Crippen LogP contribution is -2.35. The lowest BCUT2D eigenvalue weighted by atomic mass is 10.0. The van der Waals surface area contributed by atoms with E-state index in [0.29, 0.717) is 24.8 Å². The molecule has 1 N–H and O–H groups in total. The Morgan fingerprint density at radius 2 is 2.05 bits per heavy atom. The average Bonchev–Trinajstić information content (AvgIpc) is 2.83. The summed E-state index contributed by atoms with van der Waals surface area (Å²) in [5.41, 5.74) is 1.29. The Bertz CT molecular complexity index is 471. The molecule has 0 saturated carbocycles. The zero-order chi connectivity index (χ0) is 13.8. The first-order valence-electron chi connectivity index (χ1n) is 6.39. The number of hydrogen-bond acceptors (Lipinski definition) is 3. The summed E-state index contributed by atoms with van der Waals surface area (Å²) in [6.45, 7) is 5.33. The molecule has 1 aromatic rings. The molecule has 19 heavy (non-hydrogen) atoms. The van der Waals surface area contributed by atoms with Crippen molar-refractivity contribution in [3.05, 3.63) is 29.8 Å². The Morgan fingerprint density at radius 1 is 1.37 bits per heavy atom. The van der Waals surface area contributed by atoms with Crippen LogP contribution in [0.2, 0.25) is 0 Å². The molecule has 5 heteroatoms. The minimum atomic E-state index is -0.277. The van der Waals surface area contributed by atoms with E-state index >= 15 is 0 Å². The Morgan fingerprint density at radius 3 is 2.58 bits per heavy atom. The minimum Gasteiger partial charge on any atom is -0.336 e. The van der Waals surface area contributed by atoms with Crippen LogP contribution in [0.1, 0.15) is 25.3 Å². The molecule has 4 nitrogen and oxygen atoms in total. The molecule has 3 amide bonds. The summed E-state index contributed by atoms with van der Waals surface area (Å²) >= 11 is 1.47. The van der Waals surface area contributed by atoms with Gasteiger partial charge in [0.05, 0.1) is 5.75 Å². The van der Waals surface area contributed by atoms with Gasteiger partial charge in [0.2, 0.25) is 5.91 Å². The average molecular weight is 278 g/mol. The zero-order valence-corrected chi connectivity index (χ0v) is 12.0. The summed E-state index contributed by atoms with van der Waals surface area (Å²) in [5.74, 6) is 0.677. The topological polar surface area (TPSA) is 49.4 Å². The number of nitrogens with one attached hydrogen (secondary N) is 1. The van der Waals surface area contributed by atoms with E-state index in [4.69, 9.17) is 0 Å². The minimum absolute atomic E-state index is 0.132. The molecule has 1 aliphatic rings. The summed E-state index contributed by atoms with van der Waals surface area (Å²) in [4.78, 5) is 25.5. The number of amides is 3. The second-order valence-electron chi connectivity index (χ2n) is 4.79. The van der Waals surface area contributed by atoms with Crippen LogP contribution in [0.5, 0.6) is 0 Å². The largest absolute Gasteiger partial charge is 0.336 e. The molecule has 1 aliphatic heterocycles. The predicted molar refractivity (Wildman–Crippen MR) is 76.4 cm³/mol. The monoisotopic (exact) mass is 278 g/mol. The fourth-order valence-electron chi connectivity index (χ4n) is 1.88. The number of carbonyl (C=O) groups is 2. The first kappa shape index (κ1) is 13.9. The van der Waals surface area contributed by atoms with Gasteiger partial charge in [0.25, 0.3) is 0 Å². The Hall–Kier alpha value is -1.49. The fourth-order valence-corrected chi connectivity index (χ4v) is 2.66. The number of rotatable bonds is 4. The van der Waals surface area contributed by atoms with Gasteiger partial charge in [0, 0.05) is 18.0 Å². The molecule has 1 saturated heterocycles. The molecule has 0 aromatic heterocycles. The highest BCUT2D eigenvalue weighted by atomic mass is 32.2. The standard InChI is InChI=1S/C14H18N2O2S/c1-10(2)11-3-5-12(6-4-11)19-9-13(17)16-8-7-15-14(16)18/h3-6,10H,7-9H2,1-2H3,(H,15,18). The van der Waals surface area contributed by atoms with Gasteiger partial charge < -0.3 is 5.32 Å². The van der Waals surface area contributed by atoms with E-state index in [9.17, 15) is 9.59 Å². The van der Waals surface area contributed by atoms with E-state index in [2.05, 4.69) is 31.3 Å².